The first kappa shape index (κ1) is 13.7. The Morgan fingerprint density at radius 1 is 1.41 bits per heavy atom. The molecule has 0 aliphatic carbocycles. The molecular formula is C13H25NO2S. The fourth-order valence-electron chi connectivity index (χ4n) is 2.70. The Morgan fingerprint density at radius 2 is 2.24 bits per heavy atom. The Hall–Kier alpha value is 0.230. The molecular weight excluding hydrogens is 234 g/mol. The van der Waals surface area contributed by atoms with Crippen molar-refractivity contribution < 1.29 is 9.47 Å². The first-order chi connectivity index (χ1) is 8.35. The second-order valence-electron chi connectivity index (χ2n) is 4.99. The van der Waals surface area contributed by atoms with E-state index >= 15 is 0 Å². The number of piperidine rings is 1. The highest BCUT2D eigenvalue weighted by Crippen LogP contribution is 2.35. The Kier molecular flexibility index (Phi) is 5.60. The van der Waals surface area contributed by atoms with Crippen LogP contribution in [0.1, 0.15) is 32.6 Å². The van der Waals surface area contributed by atoms with Crippen LogP contribution in [-0.4, -0.2) is 49.5 Å². The van der Waals surface area contributed by atoms with E-state index in [1.807, 2.05) is 11.8 Å². The van der Waals surface area contributed by atoms with Gasteiger partial charge in [-0.15, -0.1) is 0 Å². The van der Waals surface area contributed by atoms with Crippen LogP contribution in [0.25, 0.3) is 0 Å². The monoisotopic (exact) mass is 259 g/mol. The molecule has 0 aromatic heterocycles. The summed E-state index contributed by atoms with van der Waals surface area (Å²) in [6, 6.07) is 0. The molecule has 0 bridgehead atoms. The van der Waals surface area contributed by atoms with Crippen LogP contribution in [0, 0.1) is 0 Å². The van der Waals surface area contributed by atoms with Gasteiger partial charge < -0.3 is 14.8 Å². The first-order valence-corrected chi connectivity index (χ1v) is 8.04. The number of rotatable bonds is 6. The molecule has 1 atom stereocenters. The summed E-state index contributed by atoms with van der Waals surface area (Å²) in [5.74, 6) is 2.43. The van der Waals surface area contributed by atoms with Gasteiger partial charge in [-0.05, 0) is 43.9 Å². The van der Waals surface area contributed by atoms with Gasteiger partial charge in [-0.3, -0.25) is 0 Å². The molecule has 4 heteroatoms. The molecule has 2 aliphatic heterocycles. The van der Waals surface area contributed by atoms with Gasteiger partial charge in [0.2, 0.25) is 0 Å². The molecule has 0 radical (unpaired) electrons. The SMILES string of the molecule is CCSCCCOC1COC2(CCNCC2)C1. The summed E-state index contributed by atoms with van der Waals surface area (Å²) in [5.41, 5.74) is 0.147. The van der Waals surface area contributed by atoms with Gasteiger partial charge in [0.05, 0.1) is 18.3 Å². The molecule has 0 aromatic carbocycles. The van der Waals surface area contributed by atoms with E-state index < -0.39 is 0 Å². The van der Waals surface area contributed by atoms with Gasteiger partial charge in [-0.1, -0.05) is 6.92 Å². The maximum atomic E-state index is 6.00. The van der Waals surface area contributed by atoms with Crippen molar-refractivity contribution in [3.05, 3.63) is 0 Å². The molecule has 1 unspecified atom stereocenters. The van der Waals surface area contributed by atoms with Crippen molar-refractivity contribution in [3.63, 3.8) is 0 Å². The standard InChI is InChI=1S/C13H25NO2S/c1-2-17-9-3-8-15-12-10-13(16-11-12)4-6-14-7-5-13/h12,14H,2-11H2,1H3. The predicted octanol–water partition coefficient (Wildman–Crippen LogP) is 2.06. The molecule has 1 spiro atoms. The number of nitrogens with one attached hydrogen (secondary N) is 1. The van der Waals surface area contributed by atoms with Crippen molar-refractivity contribution in [1.82, 2.24) is 5.32 Å². The van der Waals surface area contributed by atoms with Crippen LogP contribution in [0.5, 0.6) is 0 Å². The lowest BCUT2D eigenvalue weighted by molar-refractivity contribution is -0.0232. The molecule has 3 nitrogen and oxygen atoms in total. The highest BCUT2D eigenvalue weighted by Gasteiger charge is 2.41. The minimum Gasteiger partial charge on any atom is -0.376 e. The number of thioether (sulfide) groups is 1. The molecule has 17 heavy (non-hydrogen) atoms. The van der Waals surface area contributed by atoms with Crippen molar-refractivity contribution >= 4 is 11.8 Å². The average Bonchev–Trinajstić information content (AvgIpc) is 2.73. The second-order valence-corrected chi connectivity index (χ2v) is 6.39. The lowest BCUT2D eigenvalue weighted by Crippen LogP contribution is -2.41. The highest BCUT2D eigenvalue weighted by molar-refractivity contribution is 7.99. The molecule has 2 fully saturated rings. The second kappa shape index (κ2) is 6.98. The summed E-state index contributed by atoms with van der Waals surface area (Å²) in [7, 11) is 0. The topological polar surface area (TPSA) is 30.5 Å². The normalized spacial score (nSPS) is 27.7. The fraction of sp³-hybridized carbons (Fsp3) is 1.00. The summed E-state index contributed by atoms with van der Waals surface area (Å²) in [6.45, 7) is 6.10. The lowest BCUT2D eigenvalue weighted by Gasteiger charge is -2.32. The number of ether oxygens (including phenoxy) is 2. The predicted molar refractivity (Wildman–Crippen MR) is 72.8 cm³/mol. The fourth-order valence-corrected chi connectivity index (χ4v) is 3.31. The summed E-state index contributed by atoms with van der Waals surface area (Å²) < 4.78 is 11.9. The van der Waals surface area contributed by atoms with Crippen LogP contribution in [0.4, 0.5) is 0 Å². The van der Waals surface area contributed by atoms with E-state index in [1.54, 1.807) is 0 Å². The van der Waals surface area contributed by atoms with Gasteiger partial charge in [0.25, 0.3) is 0 Å². The van der Waals surface area contributed by atoms with Gasteiger partial charge in [-0.2, -0.15) is 11.8 Å². The molecule has 0 saturated carbocycles. The van der Waals surface area contributed by atoms with Gasteiger partial charge >= 0.3 is 0 Å². The van der Waals surface area contributed by atoms with E-state index in [9.17, 15) is 0 Å². The molecule has 2 rings (SSSR count). The molecule has 2 saturated heterocycles. The van der Waals surface area contributed by atoms with E-state index in [0.29, 0.717) is 6.10 Å². The third kappa shape index (κ3) is 4.12. The molecule has 0 amide bonds. The average molecular weight is 259 g/mol. The lowest BCUT2D eigenvalue weighted by atomic mass is 9.89. The number of hydrogen-bond acceptors (Lipinski definition) is 4. The van der Waals surface area contributed by atoms with E-state index in [1.165, 1.54) is 17.9 Å². The van der Waals surface area contributed by atoms with E-state index in [-0.39, 0.29) is 5.60 Å². The van der Waals surface area contributed by atoms with Crippen molar-refractivity contribution in [2.45, 2.75) is 44.3 Å². The van der Waals surface area contributed by atoms with Gasteiger partial charge in [0.15, 0.2) is 0 Å². The quantitative estimate of drug-likeness (QED) is 0.740. The van der Waals surface area contributed by atoms with Crippen LogP contribution < -0.4 is 5.32 Å². The van der Waals surface area contributed by atoms with Crippen molar-refractivity contribution in [2.75, 3.05) is 37.8 Å². The molecule has 0 aromatic rings. The molecule has 2 aliphatic rings. The maximum absolute atomic E-state index is 6.00. The molecule has 1 N–H and O–H groups in total. The highest BCUT2D eigenvalue weighted by atomic mass is 32.2. The van der Waals surface area contributed by atoms with Gasteiger partial charge in [0.1, 0.15) is 0 Å². The van der Waals surface area contributed by atoms with Crippen LogP contribution in [0.3, 0.4) is 0 Å². The van der Waals surface area contributed by atoms with E-state index in [4.69, 9.17) is 9.47 Å². The zero-order valence-corrected chi connectivity index (χ0v) is 11.7. The van der Waals surface area contributed by atoms with Crippen LogP contribution in [-0.2, 0) is 9.47 Å². The summed E-state index contributed by atoms with van der Waals surface area (Å²) in [4.78, 5) is 0. The van der Waals surface area contributed by atoms with Crippen molar-refractivity contribution in [2.24, 2.45) is 0 Å². The largest absolute Gasteiger partial charge is 0.376 e. The van der Waals surface area contributed by atoms with Crippen LogP contribution in [0.2, 0.25) is 0 Å². The van der Waals surface area contributed by atoms with Crippen LogP contribution >= 0.6 is 11.8 Å². The zero-order valence-electron chi connectivity index (χ0n) is 10.9. The van der Waals surface area contributed by atoms with Gasteiger partial charge in [0, 0.05) is 13.0 Å². The third-order valence-electron chi connectivity index (χ3n) is 3.68. The molecule has 2 heterocycles. The summed E-state index contributed by atoms with van der Waals surface area (Å²) in [6.07, 6.45) is 4.93. The van der Waals surface area contributed by atoms with Crippen LogP contribution in [0.15, 0.2) is 0 Å². The number of hydrogen-bond donors (Lipinski definition) is 1. The van der Waals surface area contributed by atoms with Gasteiger partial charge in [-0.25, -0.2) is 0 Å². The minimum absolute atomic E-state index is 0.147. The Balaban J connectivity index is 1.60. The van der Waals surface area contributed by atoms with E-state index in [2.05, 4.69) is 12.2 Å². The summed E-state index contributed by atoms with van der Waals surface area (Å²) in [5, 5.41) is 3.39. The van der Waals surface area contributed by atoms with Crippen molar-refractivity contribution in [1.29, 1.82) is 0 Å². The Morgan fingerprint density at radius 3 is 3.00 bits per heavy atom. The minimum atomic E-state index is 0.147. The zero-order chi connectivity index (χ0) is 12.0. The summed E-state index contributed by atoms with van der Waals surface area (Å²) >= 11 is 1.99. The smallest absolute Gasteiger partial charge is 0.0836 e. The first-order valence-electron chi connectivity index (χ1n) is 6.89. The Bertz CT molecular complexity index is 219. The maximum Gasteiger partial charge on any atom is 0.0836 e. The third-order valence-corrected chi connectivity index (χ3v) is 4.67. The Labute approximate surface area is 109 Å². The van der Waals surface area contributed by atoms with Crippen molar-refractivity contribution in [3.8, 4) is 0 Å². The molecule has 100 valence electrons. The van der Waals surface area contributed by atoms with E-state index in [0.717, 1.165) is 45.6 Å².